The lowest BCUT2D eigenvalue weighted by Crippen LogP contribution is -2.67. The van der Waals surface area contributed by atoms with E-state index in [2.05, 4.69) is 10.2 Å². The third-order valence-electron chi connectivity index (χ3n) is 4.14. The Balaban J connectivity index is 1.55. The number of piperazine rings is 1. The first kappa shape index (κ1) is 11.7. The summed E-state index contributed by atoms with van der Waals surface area (Å²) in [5.41, 5.74) is 7.09. The number of carbonyl (C=O) groups excluding carboxylic acids is 1. The fourth-order valence-electron chi connectivity index (χ4n) is 3.02. The van der Waals surface area contributed by atoms with Crippen LogP contribution in [0.3, 0.4) is 0 Å². The van der Waals surface area contributed by atoms with Gasteiger partial charge in [-0.1, -0.05) is 12.1 Å². The summed E-state index contributed by atoms with van der Waals surface area (Å²) in [6.45, 7) is 3.39. The molecule has 3 N–H and O–H groups in total. The molecule has 3 rings (SSSR count). The van der Waals surface area contributed by atoms with Gasteiger partial charge in [-0.15, -0.1) is 0 Å². The van der Waals surface area contributed by atoms with Crippen molar-refractivity contribution in [2.24, 2.45) is 5.73 Å². The molecule has 2 fully saturated rings. The maximum Gasteiger partial charge on any atom is 0.248 e. The highest BCUT2D eigenvalue weighted by Crippen LogP contribution is 2.28. The summed E-state index contributed by atoms with van der Waals surface area (Å²) in [5.74, 6) is -0.357. The van der Waals surface area contributed by atoms with Gasteiger partial charge in [-0.25, -0.2) is 0 Å². The van der Waals surface area contributed by atoms with Gasteiger partial charge < -0.3 is 11.1 Å². The van der Waals surface area contributed by atoms with Crippen LogP contribution in [0.25, 0.3) is 0 Å². The Kier molecular flexibility index (Phi) is 3.06. The Morgan fingerprint density at radius 1 is 1.28 bits per heavy atom. The lowest BCUT2D eigenvalue weighted by atomic mass is 9.88. The molecule has 2 atom stereocenters. The van der Waals surface area contributed by atoms with E-state index in [4.69, 9.17) is 5.73 Å². The number of hydrogen-bond acceptors (Lipinski definition) is 3. The van der Waals surface area contributed by atoms with Crippen LogP contribution < -0.4 is 11.1 Å². The van der Waals surface area contributed by atoms with Gasteiger partial charge in [0.15, 0.2) is 0 Å². The van der Waals surface area contributed by atoms with Crippen molar-refractivity contribution in [1.29, 1.82) is 0 Å². The number of hydrogen-bond donors (Lipinski definition) is 2. The van der Waals surface area contributed by atoms with Gasteiger partial charge in [0.25, 0.3) is 0 Å². The van der Waals surface area contributed by atoms with E-state index in [1.54, 1.807) is 0 Å². The molecule has 1 aromatic carbocycles. The summed E-state index contributed by atoms with van der Waals surface area (Å²) < 4.78 is 0. The van der Waals surface area contributed by atoms with Crippen molar-refractivity contribution in [3.8, 4) is 0 Å². The first-order valence-corrected chi connectivity index (χ1v) is 6.59. The molecule has 4 nitrogen and oxygen atoms in total. The third kappa shape index (κ3) is 2.13. The van der Waals surface area contributed by atoms with E-state index in [0.29, 0.717) is 5.56 Å². The molecule has 2 unspecified atom stereocenters. The van der Waals surface area contributed by atoms with E-state index < -0.39 is 0 Å². The summed E-state index contributed by atoms with van der Waals surface area (Å²) in [5, 5.41) is 3.44. The molecule has 2 aliphatic heterocycles. The number of nitrogens with zero attached hydrogens (tertiary/aromatic N) is 1. The smallest absolute Gasteiger partial charge is 0.248 e. The van der Waals surface area contributed by atoms with Crippen molar-refractivity contribution in [3.63, 3.8) is 0 Å². The maximum absolute atomic E-state index is 11.0. The van der Waals surface area contributed by atoms with Crippen molar-refractivity contribution in [1.82, 2.24) is 10.2 Å². The van der Waals surface area contributed by atoms with Crippen LogP contribution in [0.2, 0.25) is 0 Å². The molecule has 2 bridgehead atoms. The SMILES string of the molecule is NC(=O)c1ccc(CCN2C3CNCC2C3)cc1. The van der Waals surface area contributed by atoms with Crippen LogP contribution >= 0.6 is 0 Å². The quantitative estimate of drug-likeness (QED) is 0.806. The van der Waals surface area contributed by atoms with E-state index in [1.165, 1.54) is 12.0 Å². The van der Waals surface area contributed by atoms with E-state index in [0.717, 1.165) is 38.1 Å². The summed E-state index contributed by atoms with van der Waals surface area (Å²) in [6.07, 6.45) is 2.40. The fraction of sp³-hybridized carbons (Fsp3) is 0.500. The number of rotatable bonds is 4. The van der Waals surface area contributed by atoms with Gasteiger partial charge in [-0.2, -0.15) is 0 Å². The summed E-state index contributed by atoms with van der Waals surface area (Å²) >= 11 is 0. The zero-order chi connectivity index (χ0) is 12.5. The zero-order valence-electron chi connectivity index (χ0n) is 10.4. The second kappa shape index (κ2) is 4.71. The van der Waals surface area contributed by atoms with Gasteiger partial charge in [-0.05, 0) is 30.5 Å². The van der Waals surface area contributed by atoms with Crippen molar-refractivity contribution >= 4 is 5.91 Å². The molecule has 0 saturated carbocycles. The molecule has 18 heavy (non-hydrogen) atoms. The molecule has 1 aromatic rings. The molecule has 0 aliphatic carbocycles. The molecule has 2 heterocycles. The number of fused-ring (bicyclic) bond motifs is 2. The number of benzene rings is 1. The first-order chi connectivity index (χ1) is 8.74. The van der Waals surface area contributed by atoms with Crippen LogP contribution in [0.4, 0.5) is 0 Å². The van der Waals surface area contributed by atoms with E-state index in [1.807, 2.05) is 24.3 Å². The van der Waals surface area contributed by atoms with E-state index in [-0.39, 0.29) is 5.91 Å². The molecule has 0 aromatic heterocycles. The summed E-state index contributed by atoms with van der Waals surface area (Å²) in [7, 11) is 0. The Labute approximate surface area is 107 Å². The number of carbonyl (C=O) groups is 1. The van der Waals surface area contributed by atoms with E-state index in [9.17, 15) is 4.79 Å². The minimum absolute atomic E-state index is 0.357. The van der Waals surface area contributed by atoms with Gasteiger partial charge in [0.1, 0.15) is 0 Å². The second-order valence-corrected chi connectivity index (χ2v) is 5.25. The van der Waals surface area contributed by atoms with Crippen LogP contribution in [-0.4, -0.2) is 42.5 Å². The number of amides is 1. The van der Waals surface area contributed by atoms with Gasteiger partial charge in [0.05, 0.1) is 0 Å². The lowest BCUT2D eigenvalue weighted by Gasteiger charge is -2.53. The predicted molar refractivity (Wildman–Crippen MR) is 70.4 cm³/mol. The molecule has 2 aliphatic rings. The van der Waals surface area contributed by atoms with Crippen LogP contribution in [0, 0.1) is 0 Å². The average molecular weight is 245 g/mol. The third-order valence-corrected chi connectivity index (χ3v) is 4.14. The fourth-order valence-corrected chi connectivity index (χ4v) is 3.02. The van der Waals surface area contributed by atoms with Crippen molar-refractivity contribution in [2.45, 2.75) is 24.9 Å². The summed E-state index contributed by atoms with van der Waals surface area (Å²) in [4.78, 5) is 13.6. The number of nitrogens with two attached hydrogens (primary N) is 1. The normalized spacial score (nSPS) is 26.7. The minimum atomic E-state index is -0.357. The van der Waals surface area contributed by atoms with E-state index >= 15 is 0 Å². The molecule has 2 saturated heterocycles. The topological polar surface area (TPSA) is 58.4 Å². The number of piperidine rings is 1. The van der Waals surface area contributed by atoms with Crippen LogP contribution in [0.15, 0.2) is 24.3 Å². The second-order valence-electron chi connectivity index (χ2n) is 5.25. The first-order valence-electron chi connectivity index (χ1n) is 6.59. The summed E-state index contributed by atoms with van der Waals surface area (Å²) in [6, 6.07) is 9.14. The monoisotopic (exact) mass is 245 g/mol. The van der Waals surface area contributed by atoms with Gasteiger partial charge in [0, 0.05) is 37.3 Å². The molecule has 4 heteroatoms. The average Bonchev–Trinajstić information content (AvgIpc) is 2.40. The van der Waals surface area contributed by atoms with Gasteiger partial charge >= 0.3 is 0 Å². The van der Waals surface area contributed by atoms with Gasteiger partial charge in [0.2, 0.25) is 5.91 Å². The van der Waals surface area contributed by atoms with Crippen LogP contribution in [0.1, 0.15) is 22.3 Å². The van der Waals surface area contributed by atoms with Crippen molar-refractivity contribution < 1.29 is 4.79 Å². The zero-order valence-corrected chi connectivity index (χ0v) is 10.4. The Morgan fingerprint density at radius 2 is 1.94 bits per heavy atom. The highest BCUT2D eigenvalue weighted by molar-refractivity contribution is 5.92. The molecule has 96 valence electrons. The van der Waals surface area contributed by atoms with Crippen molar-refractivity contribution in [3.05, 3.63) is 35.4 Å². The molecular formula is C14H19N3O. The Hall–Kier alpha value is -1.39. The Morgan fingerprint density at radius 3 is 2.50 bits per heavy atom. The number of nitrogens with one attached hydrogen (secondary N) is 1. The number of primary amides is 1. The minimum Gasteiger partial charge on any atom is -0.366 e. The van der Waals surface area contributed by atoms with Crippen molar-refractivity contribution in [2.75, 3.05) is 19.6 Å². The van der Waals surface area contributed by atoms with Crippen LogP contribution in [-0.2, 0) is 6.42 Å². The standard InChI is InChI=1S/C14H19N3O/c15-14(18)11-3-1-10(2-4-11)5-6-17-12-7-13(17)9-16-8-12/h1-4,12-13,16H,5-9H2,(H2,15,18). The highest BCUT2D eigenvalue weighted by atomic mass is 16.1. The maximum atomic E-state index is 11.0. The van der Waals surface area contributed by atoms with Gasteiger partial charge in [-0.3, -0.25) is 9.69 Å². The molecular weight excluding hydrogens is 226 g/mol. The predicted octanol–water partition coefficient (Wildman–Crippen LogP) is 0.374. The largest absolute Gasteiger partial charge is 0.366 e. The molecule has 1 amide bonds. The molecule has 0 spiro atoms. The molecule has 0 radical (unpaired) electrons. The highest BCUT2D eigenvalue weighted by Gasteiger charge is 2.40. The Bertz CT molecular complexity index is 429. The lowest BCUT2D eigenvalue weighted by molar-refractivity contribution is -0.0119. The van der Waals surface area contributed by atoms with Crippen LogP contribution in [0.5, 0.6) is 0 Å².